The molecule has 9 heteroatoms. The molecule has 0 aromatic carbocycles. The summed E-state index contributed by atoms with van der Waals surface area (Å²) in [5, 5.41) is 8.76. The average Bonchev–Trinajstić information content (AvgIpc) is 3.37. The molecule has 1 aliphatic heterocycles. The lowest BCUT2D eigenvalue weighted by atomic mass is 9.96. The van der Waals surface area contributed by atoms with E-state index < -0.39 is 5.41 Å². The van der Waals surface area contributed by atoms with E-state index in [0.717, 1.165) is 37.4 Å². The number of nitrogens with zero attached hydrogens (tertiary/aromatic N) is 4. The van der Waals surface area contributed by atoms with Crippen LogP contribution in [-0.4, -0.2) is 71.0 Å². The third-order valence-electron chi connectivity index (χ3n) is 4.88. The molecule has 3 heterocycles. The largest absolute Gasteiger partial charge is 0.347 e. The Kier molecular flexibility index (Phi) is 7.02. The molecular formula is C20H29N5O3S. The Bertz CT molecular complexity index is 804. The fraction of sp³-hybridized carbons (Fsp3) is 0.600. The summed E-state index contributed by atoms with van der Waals surface area (Å²) in [6.07, 6.45) is 1.68. The molecule has 2 amide bonds. The minimum Gasteiger partial charge on any atom is -0.347 e. The van der Waals surface area contributed by atoms with Crippen LogP contribution in [0.15, 0.2) is 22.0 Å². The first-order valence-corrected chi connectivity index (χ1v) is 10.9. The lowest BCUT2D eigenvalue weighted by Crippen LogP contribution is -2.51. The maximum Gasteiger partial charge on any atom is 0.242 e. The minimum atomic E-state index is -0.484. The number of aryl methyl sites for hydroxylation is 1. The van der Waals surface area contributed by atoms with Gasteiger partial charge in [0.05, 0.1) is 11.4 Å². The Morgan fingerprint density at radius 1 is 1.24 bits per heavy atom. The number of amides is 2. The first-order valence-electron chi connectivity index (χ1n) is 9.98. The molecule has 0 spiro atoms. The van der Waals surface area contributed by atoms with Crippen LogP contribution in [0.4, 0.5) is 0 Å². The van der Waals surface area contributed by atoms with Gasteiger partial charge in [-0.15, -0.1) is 11.3 Å². The van der Waals surface area contributed by atoms with Crippen molar-refractivity contribution >= 4 is 23.2 Å². The number of hydrogen-bond donors (Lipinski definition) is 1. The van der Waals surface area contributed by atoms with Crippen molar-refractivity contribution in [2.45, 2.75) is 33.6 Å². The number of aromatic nitrogens is 2. The number of rotatable bonds is 7. The summed E-state index contributed by atoms with van der Waals surface area (Å²) in [5.74, 6) is 1.19. The van der Waals surface area contributed by atoms with Gasteiger partial charge >= 0.3 is 0 Å². The van der Waals surface area contributed by atoms with Crippen molar-refractivity contribution in [2.24, 2.45) is 5.41 Å². The Labute approximate surface area is 175 Å². The summed E-state index contributed by atoms with van der Waals surface area (Å²) >= 11 is 1.60. The van der Waals surface area contributed by atoms with Crippen molar-refractivity contribution in [3.63, 3.8) is 0 Å². The van der Waals surface area contributed by atoms with Gasteiger partial charge in [0.1, 0.15) is 0 Å². The van der Waals surface area contributed by atoms with Crippen molar-refractivity contribution < 1.29 is 14.1 Å². The number of carbonyl (C=O) groups is 2. The molecule has 0 aliphatic carbocycles. The predicted octanol–water partition coefficient (Wildman–Crippen LogP) is 2.04. The van der Waals surface area contributed by atoms with Gasteiger partial charge in [-0.1, -0.05) is 32.0 Å². The van der Waals surface area contributed by atoms with Crippen LogP contribution in [0, 0.1) is 5.41 Å². The second-order valence-electron chi connectivity index (χ2n) is 8.25. The zero-order chi connectivity index (χ0) is 20.9. The summed E-state index contributed by atoms with van der Waals surface area (Å²) in [6, 6.07) is 3.95. The number of carbonyl (C=O) groups excluding carboxylic acids is 2. The number of piperazine rings is 1. The Morgan fingerprint density at radius 2 is 2.00 bits per heavy atom. The van der Waals surface area contributed by atoms with Crippen molar-refractivity contribution in [3.8, 4) is 10.7 Å². The van der Waals surface area contributed by atoms with E-state index >= 15 is 0 Å². The molecular weight excluding hydrogens is 390 g/mol. The summed E-state index contributed by atoms with van der Waals surface area (Å²) in [5.41, 5.74) is -0.484. The highest BCUT2D eigenvalue weighted by molar-refractivity contribution is 7.13. The molecule has 29 heavy (non-hydrogen) atoms. The average molecular weight is 420 g/mol. The highest BCUT2D eigenvalue weighted by Gasteiger charge is 2.24. The molecule has 1 aliphatic rings. The van der Waals surface area contributed by atoms with Gasteiger partial charge in [-0.05, 0) is 24.4 Å². The van der Waals surface area contributed by atoms with Crippen LogP contribution < -0.4 is 5.32 Å². The fourth-order valence-electron chi connectivity index (χ4n) is 3.07. The molecule has 0 unspecified atom stereocenters. The topological polar surface area (TPSA) is 91.6 Å². The molecule has 1 fully saturated rings. The summed E-state index contributed by atoms with van der Waals surface area (Å²) in [7, 11) is 0. The third kappa shape index (κ3) is 6.11. The SMILES string of the molecule is CC(C)(C)C(=O)NCC(=O)N1CCN(CCCc2nc(-c3cccs3)no2)CC1. The van der Waals surface area contributed by atoms with Crippen LogP contribution in [0.1, 0.15) is 33.1 Å². The van der Waals surface area contributed by atoms with Gasteiger partial charge < -0.3 is 14.7 Å². The maximum absolute atomic E-state index is 12.3. The quantitative estimate of drug-likeness (QED) is 0.738. The van der Waals surface area contributed by atoms with Crippen LogP contribution >= 0.6 is 11.3 Å². The summed E-state index contributed by atoms with van der Waals surface area (Å²) < 4.78 is 5.34. The Morgan fingerprint density at radius 3 is 2.66 bits per heavy atom. The zero-order valence-corrected chi connectivity index (χ0v) is 18.1. The second kappa shape index (κ2) is 9.49. The lowest BCUT2D eigenvalue weighted by molar-refractivity contribution is -0.136. The zero-order valence-electron chi connectivity index (χ0n) is 17.3. The maximum atomic E-state index is 12.3. The van der Waals surface area contributed by atoms with Crippen LogP contribution in [0.2, 0.25) is 0 Å². The summed E-state index contributed by atoms with van der Waals surface area (Å²) in [6.45, 7) is 9.56. The smallest absolute Gasteiger partial charge is 0.242 e. The molecule has 0 saturated carbocycles. The van der Waals surface area contributed by atoms with E-state index in [1.807, 2.05) is 43.2 Å². The molecule has 1 N–H and O–H groups in total. The molecule has 2 aromatic rings. The third-order valence-corrected chi connectivity index (χ3v) is 5.75. The number of nitrogens with one attached hydrogen (secondary N) is 1. The van der Waals surface area contributed by atoms with Crippen LogP contribution in [0.3, 0.4) is 0 Å². The summed E-state index contributed by atoms with van der Waals surface area (Å²) in [4.78, 5) is 33.8. The molecule has 0 bridgehead atoms. The molecule has 8 nitrogen and oxygen atoms in total. The van der Waals surface area contributed by atoms with Gasteiger partial charge in [0.25, 0.3) is 0 Å². The van der Waals surface area contributed by atoms with E-state index in [4.69, 9.17) is 4.52 Å². The van der Waals surface area contributed by atoms with Gasteiger partial charge in [-0.25, -0.2) is 0 Å². The monoisotopic (exact) mass is 419 g/mol. The van der Waals surface area contributed by atoms with Crippen LogP contribution in [-0.2, 0) is 16.0 Å². The normalized spacial score (nSPS) is 15.5. The van der Waals surface area contributed by atoms with E-state index in [-0.39, 0.29) is 18.4 Å². The highest BCUT2D eigenvalue weighted by atomic mass is 32.1. The van der Waals surface area contributed by atoms with Crippen molar-refractivity contribution in [1.82, 2.24) is 25.3 Å². The van der Waals surface area contributed by atoms with Gasteiger partial charge in [0.15, 0.2) is 0 Å². The van der Waals surface area contributed by atoms with Crippen LogP contribution in [0.25, 0.3) is 10.7 Å². The Hall–Kier alpha value is -2.26. The minimum absolute atomic E-state index is 0.0192. The second-order valence-corrected chi connectivity index (χ2v) is 9.20. The van der Waals surface area contributed by atoms with E-state index in [0.29, 0.717) is 24.8 Å². The van der Waals surface area contributed by atoms with E-state index in [1.165, 1.54) is 0 Å². The van der Waals surface area contributed by atoms with Gasteiger partial charge in [0, 0.05) is 38.0 Å². The van der Waals surface area contributed by atoms with Gasteiger partial charge in [-0.3, -0.25) is 14.5 Å². The van der Waals surface area contributed by atoms with Crippen molar-refractivity contribution in [2.75, 3.05) is 39.3 Å². The van der Waals surface area contributed by atoms with E-state index in [9.17, 15) is 9.59 Å². The van der Waals surface area contributed by atoms with Gasteiger partial charge in [-0.2, -0.15) is 4.98 Å². The van der Waals surface area contributed by atoms with E-state index in [1.54, 1.807) is 11.3 Å². The molecule has 158 valence electrons. The molecule has 3 rings (SSSR count). The van der Waals surface area contributed by atoms with Crippen LogP contribution in [0.5, 0.6) is 0 Å². The van der Waals surface area contributed by atoms with Gasteiger partial charge in [0.2, 0.25) is 23.5 Å². The fourth-order valence-corrected chi connectivity index (χ4v) is 3.72. The van der Waals surface area contributed by atoms with Crippen molar-refractivity contribution in [1.29, 1.82) is 0 Å². The first-order chi connectivity index (χ1) is 13.8. The molecule has 1 saturated heterocycles. The van der Waals surface area contributed by atoms with E-state index in [2.05, 4.69) is 20.4 Å². The lowest BCUT2D eigenvalue weighted by Gasteiger charge is -2.34. The molecule has 0 atom stereocenters. The molecule has 0 radical (unpaired) electrons. The van der Waals surface area contributed by atoms with Crippen molar-refractivity contribution in [3.05, 3.63) is 23.4 Å². The molecule has 2 aromatic heterocycles. The Balaban J connectivity index is 1.34. The first kappa shape index (κ1) is 21.4. The standard InChI is InChI=1S/C20H29N5O3S/c1-20(2,3)19(27)21-14-17(26)25-11-9-24(10-12-25)8-4-7-16-22-18(23-28-16)15-6-5-13-29-15/h5-6,13H,4,7-12,14H2,1-3H3,(H,21,27). The predicted molar refractivity (Wildman–Crippen MR) is 111 cm³/mol. The number of hydrogen-bond acceptors (Lipinski definition) is 7. The number of thiophene rings is 1. The highest BCUT2D eigenvalue weighted by Crippen LogP contribution is 2.21.